The Morgan fingerprint density at radius 2 is 2.12 bits per heavy atom. The van der Waals surface area contributed by atoms with Gasteiger partial charge in [0.2, 0.25) is 5.91 Å². The van der Waals surface area contributed by atoms with Gasteiger partial charge < -0.3 is 10.3 Å². The predicted octanol–water partition coefficient (Wildman–Crippen LogP) is 5.09. The highest BCUT2D eigenvalue weighted by Gasteiger charge is 2.21. The summed E-state index contributed by atoms with van der Waals surface area (Å²) in [4.78, 5) is 39.1. The van der Waals surface area contributed by atoms with Crippen molar-refractivity contribution in [3.05, 3.63) is 61.3 Å². The predicted molar refractivity (Wildman–Crippen MR) is 134 cm³/mol. The maximum Gasteiger partial charge on any atom is 0.259 e. The van der Waals surface area contributed by atoms with Crippen molar-refractivity contribution in [3.8, 4) is 11.3 Å². The quantitative estimate of drug-likeness (QED) is 0.400. The molecule has 0 saturated heterocycles. The number of rotatable bonds is 6. The van der Waals surface area contributed by atoms with Gasteiger partial charge >= 0.3 is 0 Å². The normalized spacial score (nSPS) is 12.9. The van der Waals surface area contributed by atoms with Crippen molar-refractivity contribution in [1.82, 2.24) is 15.0 Å². The third-order valence-electron chi connectivity index (χ3n) is 5.50. The van der Waals surface area contributed by atoms with E-state index in [1.165, 1.54) is 39.1 Å². The van der Waals surface area contributed by atoms with E-state index in [4.69, 9.17) is 0 Å². The van der Waals surface area contributed by atoms with E-state index in [2.05, 4.69) is 52.3 Å². The van der Waals surface area contributed by atoms with E-state index >= 15 is 0 Å². The van der Waals surface area contributed by atoms with E-state index in [-0.39, 0.29) is 17.2 Å². The molecule has 0 radical (unpaired) electrons. The Morgan fingerprint density at radius 1 is 1.25 bits per heavy atom. The molecule has 0 fully saturated rings. The highest BCUT2D eigenvalue weighted by molar-refractivity contribution is 7.99. The SMILES string of the molecule is Cc1ccc(-c2csc(NC(=O)CSCc3nc4sc5c(c4c(=O)[nH]3)CCC5)n2)c(C)c1. The molecular weight excluding hydrogens is 460 g/mol. The standard InChI is InChI=1S/C23H22N4O2S3/c1-12-6-7-14(13(2)8-12)16-9-31-23(24-16)27-19(28)11-30-10-18-25-21(29)20-15-4-3-5-17(15)32-22(20)26-18/h6-9H,3-5,10-11H2,1-2H3,(H,24,27,28)(H,25,26,29). The van der Waals surface area contributed by atoms with Crippen LogP contribution in [0.4, 0.5) is 5.13 Å². The average molecular weight is 483 g/mol. The Balaban J connectivity index is 1.19. The molecule has 2 N–H and O–H groups in total. The van der Waals surface area contributed by atoms with Crippen LogP contribution in [-0.4, -0.2) is 26.6 Å². The number of benzene rings is 1. The highest BCUT2D eigenvalue weighted by Crippen LogP contribution is 2.34. The number of H-pyrrole nitrogens is 1. The van der Waals surface area contributed by atoms with Crippen LogP contribution in [0.15, 0.2) is 28.4 Å². The monoisotopic (exact) mass is 482 g/mol. The second-order valence-corrected chi connectivity index (χ2v) is 10.9. The zero-order chi connectivity index (χ0) is 22.2. The van der Waals surface area contributed by atoms with Crippen LogP contribution in [-0.2, 0) is 23.4 Å². The van der Waals surface area contributed by atoms with Crippen LogP contribution >= 0.6 is 34.4 Å². The summed E-state index contributed by atoms with van der Waals surface area (Å²) in [5.41, 5.74) is 5.44. The van der Waals surface area contributed by atoms with Crippen molar-refractivity contribution in [2.24, 2.45) is 0 Å². The van der Waals surface area contributed by atoms with Gasteiger partial charge in [0.1, 0.15) is 10.7 Å². The minimum absolute atomic E-state index is 0.0591. The zero-order valence-corrected chi connectivity index (χ0v) is 20.2. The number of carbonyl (C=O) groups is 1. The van der Waals surface area contributed by atoms with Gasteiger partial charge in [-0.25, -0.2) is 9.97 Å². The number of thioether (sulfide) groups is 1. The van der Waals surface area contributed by atoms with E-state index in [1.807, 2.05) is 5.38 Å². The smallest absolute Gasteiger partial charge is 0.259 e. The minimum atomic E-state index is -0.116. The molecule has 9 heteroatoms. The first-order valence-electron chi connectivity index (χ1n) is 10.4. The molecule has 0 saturated carbocycles. The van der Waals surface area contributed by atoms with Gasteiger partial charge in [-0.05, 0) is 44.2 Å². The second-order valence-electron chi connectivity index (χ2n) is 7.95. The first-order valence-corrected chi connectivity index (χ1v) is 13.3. The van der Waals surface area contributed by atoms with Crippen LogP contribution < -0.4 is 10.9 Å². The molecule has 6 nitrogen and oxygen atoms in total. The lowest BCUT2D eigenvalue weighted by Crippen LogP contribution is -2.15. The molecule has 0 aliphatic heterocycles. The fourth-order valence-corrected chi connectivity index (χ4v) is 6.76. The molecule has 1 aromatic carbocycles. The number of thiazole rings is 1. The molecule has 0 unspecified atom stereocenters. The fourth-order valence-electron chi connectivity index (χ4n) is 4.07. The third kappa shape index (κ3) is 4.24. The van der Waals surface area contributed by atoms with Gasteiger partial charge in [0.15, 0.2) is 5.13 Å². The van der Waals surface area contributed by atoms with E-state index in [0.29, 0.717) is 16.7 Å². The van der Waals surface area contributed by atoms with Gasteiger partial charge in [0.05, 0.1) is 22.6 Å². The van der Waals surface area contributed by atoms with Crippen LogP contribution in [0.5, 0.6) is 0 Å². The lowest BCUT2D eigenvalue weighted by Gasteiger charge is -2.04. The number of aromatic amines is 1. The number of aryl methyl sites for hydroxylation is 4. The number of amides is 1. The molecule has 1 amide bonds. The summed E-state index contributed by atoms with van der Waals surface area (Å²) in [5, 5.41) is 6.19. The summed E-state index contributed by atoms with van der Waals surface area (Å²) in [6.07, 6.45) is 3.13. The van der Waals surface area contributed by atoms with Crippen LogP contribution in [0.25, 0.3) is 21.5 Å². The number of anilines is 1. The molecule has 5 rings (SSSR count). The number of aromatic nitrogens is 3. The molecule has 3 aromatic heterocycles. The Morgan fingerprint density at radius 3 is 2.97 bits per heavy atom. The highest BCUT2D eigenvalue weighted by atomic mass is 32.2. The molecule has 4 aromatic rings. The molecular formula is C23H22N4O2S3. The summed E-state index contributed by atoms with van der Waals surface area (Å²) in [5.74, 6) is 1.25. The van der Waals surface area contributed by atoms with Crippen LogP contribution in [0, 0.1) is 13.8 Å². The average Bonchev–Trinajstić information content (AvgIpc) is 3.44. The summed E-state index contributed by atoms with van der Waals surface area (Å²) in [6.45, 7) is 4.13. The molecule has 0 atom stereocenters. The number of hydrogen-bond acceptors (Lipinski definition) is 7. The van der Waals surface area contributed by atoms with Gasteiger partial charge in [-0.2, -0.15) is 0 Å². The Labute approximate surface area is 197 Å². The van der Waals surface area contributed by atoms with Crippen LogP contribution in [0.1, 0.15) is 33.8 Å². The van der Waals surface area contributed by atoms with Crippen molar-refractivity contribution >= 4 is 55.7 Å². The largest absolute Gasteiger partial charge is 0.309 e. The number of hydrogen-bond donors (Lipinski definition) is 2. The van der Waals surface area contributed by atoms with E-state index < -0.39 is 0 Å². The van der Waals surface area contributed by atoms with Crippen molar-refractivity contribution in [2.45, 2.75) is 38.9 Å². The van der Waals surface area contributed by atoms with Crippen molar-refractivity contribution in [3.63, 3.8) is 0 Å². The van der Waals surface area contributed by atoms with Crippen molar-refractivity contribution < 1.29 is 4.79 Å². The van der Waals surface area contributed by atoms with Gasteiger partial charge in [-0.3, -0.25) is 9.59 Å². The summed E-state index contributed by atoms with van der Waals surface area (Å²) in [6, 6.07) is 6.26. The Hall–Kier alpha value is -2.49. The van der Waals surface area contributed by atoms with Gasteiger partial charge in [-0.1, -0.05) is 23.8 Å². The number of nitrogens with zero attached hydrogens (tertiary/aromatic N) is 2. The lowest BCUT2D eigenvalue weighted by molar-refractivity contribution is -0.113. The van der Waals surface area contributed by atoms with Crippen molar-refractivity contribution in [1.29, 1.82) is 0 Å². The molecule has 0 spiro atoms. The number of thiophene rings is 1. The first-order chi connectivity index (χ1) is 15.5. The molecule has 164 valence electrons. The molecule has 1 aliphatic rings. The molecule has 1 aliphatic carbocycles. The van der Waals surface area contributed by atoms with Crippen molar-refractivity contribution in [2.75, 3.05) is 11.1 Å². The number of carbonyl (C=O) groups excluding carboxylic acids is 1. The third-order valence-corrected chi connectivity index (χ3v) is 8.39. The van der Waals surface area contributed by atoms with E-state index in [9.17, 15) is 9.59 Å². The first kappa shape index (κ1) is 21.4. The van der Waals surface area contributed by atoms with Crippen LogP contribution in [0.3, 0.4) is 0 Å². The summed E-state index contributed by atoms with van der Waals surface area (Å²) in [7, 11) is 0. The Bertz CT molecular complexity index is 1390. The minimum Gasteiger partial charge on any atom is -0.309 e. The van der Waals surface area contributed by atoms with Gasteiger partial charge in [-0.15, -0.1) is 34.4 Å². The fraction of sp³-hybridized carbons (Fsp3) is 0.304. The zero-order valence-electron chi connectivity index (χ0n) is 17.8. The van der Waals surface area contributed by atoms with Gasteiger partial charge in [0.25, 0.3) is 5.56 Å². The summed E-state index contributed by atoms with van der Waals surface area (Å²) < 4.78 is 0. The topological polar surface area (TPSA) is 87.7 Å². The molecule has 0 bridgehead atoms. The van der Waals surface area contributed by atoms with Crippen LogP contribution in [0.2, 0.25) is 0 Å². The number of fused-ring (bicyclic) bond motifs is 3. The maximum atomic E-state index is 12.5. The molecule has 32 heavy (non-hydrogen) atoms. The molecule has 3 heterocycles. The van der Waals surface area contributed by atoms with E-state index in [0.717, 1.165) is 46.3 Å². The maximum absolute atomic E-state index is 12.5. The summed E-state index contributed by atoms with van der Waals surface area (Å²) >= 11 is 4.48. The van der Waals surface area contributed by atoms with E-state index in [1.54, 1.807) is 11.3 Å². The Kier molecular flexibility index (Phi) is 5.88. The lowest BCUT2D eigenvalue weighted by atomic mass is 10.0. The van der Waals surface area contributed by atoms with Gasteiger partial charge in [0, 0.05) is 15.8 Å². The second kappa shape index (κ2) is 8.80. The number of nitrogens with one attached hydrogen (secondary N) is 2.